The van der Waals surface area contributed by atoms with E-state index in [2.05, 4.69) is 27.1 Å². The van der Waals surface area contributed by atoms with E-state index in [1.165, 1.54) is 12.8 Å². The monoisotopic (exact) mass is 263 g/mol. The number of nitrogens with zero attached hydrogens (tertiary/aromatic N) is 3. The normalized spacial score (nSPS) is 17.6. The summed E-state index contributed by atoms with van der Waals surface area (Å²) in [7, 11) is 0. The Morgan fingerprint density at radius 2 is 2.05 bits per heavy atom. The number of nitrogens with two attached hydrogens (primary N) is 1. The lowest BCUT2D eigenvalue weighted by atomic mass is 9.99. The van der Waals surface area contributed by atoms with E-state index in [0.717, 1.165) is 30.6 Å². The summed E-state index contributed by atoms with van der Waals surface area (Å²) in [6.07, 6.45) is 4.10. The number of hydrogen-bond donors (Lipinski definition) is 2. The van der Waals surface area contributed by atoms with Crippen molar-refractivity contribution in [2.75, 3.05) is 29.9 Å². The summed E-state index contributed by atoms with van der Waals surface area (Å²) in [5.74, 6) is 2.69. The molecule has 2 rings (SSSR count). The fourth-order valence-electron chi connectivity index (χ4n) is 2.17. The highest BCUT2D eigenvalue weighted by Gasteiger charge is 2.17. The van der Waals surface area contributed by atoms with Gasteiger partial charge in [-0.1, -0.05) is 6.92 Å². The van der Waals surface area contributed by atoms with Crippen LogP contribution >= 0.6 is 0 Å². The molecule has 0 radical (unpaired) electrons. The molecular weight excluding hydrogens is 238 g/mol. The molecule has 5 nitrogen and oxygen atoms in total. The molecule has 1 aromatic heterocycles. The Kier molecular flexibility index (Phi) is 4.24. The van der Waals surface area contributed by atoms with Crippen LogP contribution in [0.3, 0.4) is 0 Å². The quantitative estimate of drug-likeness (QED) is 0.868. The Bertz CT molecular complexity index is 405. The molecule has 0 amide bonds. The highest BCUT2D eigenvalue weighted by atomic mass is 15.2. The van der Waals surface area contributed by atoms with E-state index in [1.54, 1.807) is 6.33 Å². The predicted molar refractivity (Wildman–Crippen MR) is 79.4 cm³/mol. The summed E-state index contributed by atoms with van der Waals surface area (Å²) >= 11 is 0. The number of piperidine rings is 1. The van der Waals surface area contributed by atoms with E-state index in [4.69, 9.17) is 5.73 Å². The van der Waals surface area contributed by atoms with Crippen LogP contribution in [0.5, 0.6) is 0 Å². The summed E-state index contributed by atoms with van der Waals surface area (Å²) in [6, 6.07) is 2.02. The molecule has 1 aliphatic rings. The van der Waals surface area contributed by atoms with E-state index in [1.807, 2.05) is 19.9 Å². The first-order chi connectivity index (χ1) is 8.94. The Labute approximate surface area is 115 Å². The summed E-state index contributed by atoms with van der Waals surface area (Å²) in [5, 5.41) is 3.27. The Morgan fingerprint density at radius 3 is 2.68 bits per heavy atom. The molecule has 19 heavy (non-hydrogen) atoms. The predicted octanol–water partition coefficient (Wildman–Crippen LogP) is 1.86. The number of aromatic nitrogens is 2. The van der Waals surface area contributed by atoms with Gasteiger partial charge < -0.3 is 16.0 Å². The molecule has 5 heteroatoms. The molecule has 2 heterocycles. The molecule has 0 aromatic carbocycles. The van der Waals surface area contributed by atoms with Gasteiger partial charge in [-0.3, -0.25) is 0 Å². The highest BCUT2D eigenvalue weighted by Crippen LogP contribution is 2.22. The van der Waals surface area contributed by atoms with Crippen LogP contribution in [-0.2, 0) is 0 Å². The second-order valence-electron chi connectivity index (χ2n) is 6.27. The lowest BCUT2D eigenvalue weighted by Gasteiger charge is -2.31. The Hall–Kier alpha value is -1.36. The van der Waals surface area contributed by atoms with E-state index in [9.17, 15) is 0 Å². The van der Waals surface area contributed by atoms with E-state index in [-0.39, 0.29) is 5.54 Å². The van der Waals surface area contributed by atoms with Crippen LogP contribution in [0.1, 0.15) is 33.6 Å². The third-order valence-electron chi connectivity index (χ3n) is 3.49. The lowest BCUT2D eigenvalue weighted by Crippen LogP contribution is -2.39. The van der Waals surface area contributed by atoms with Gasteiger partial charge in [-0.2, -0.15) is 0 Å². The molecule has 1 aromatic rings. The first kappa shape index (κ1) is 14.1. The largest absolute Gasteiger partial charge is 0.368 e. The van der Waals surface area contributed by atoms with E-state index < -0.39 is 0 Å². The zero-order valence-corrected chi connectivity index (χ0v) is 12.2. The number of anilines is 2. The maximum absolute atomic E-state index is 5.96. The van der Waals surface area contributed by atoms with Gasteiger partial charge in [0.2, 0.25) is 0 Å². The number of nitrogens with one attached hydrogen (secondary N) is 1. The molecule has 0 aliphatic carbocycles. The van der Waals surface area contributed by atoms with Gasteiger partial charge in [0.1, 0.15) is 18.0 Å². The molecule has 0 unspecified atom stereocenters. The topological polar surface area (TPSA) is 67.1 Å². The smallest absolute Gasteiger partial charge is 0.134 e. The van der Waals surface area contributed by atoms with Gasteiger partial charge in [0.15, 0.2) is 0 Å². The Morgan fingerprint density at radius 1 is 1.37 bits per heavy atom. The second-order valence-corrected chi connectivity index (χ2v) is 6.27. The third-order valence-corrected chi connectivity index (χ3v) is 3.49. The minimum Gasteiger partial charge on any atom is -0.368 e. The molecule has 106 valence electrons. The molecule has 0 atom stereocenters. The van der Waals surface area contributed by atoms with E-state index >= 15 is 0 Å². The van der Waals surface area contributed by atoms with Crippen LogP contribution in [0.25, 0.3) is 0 Å². The van der Waals surface area contributed by atoms with E-state index in [0.29, 0.717) is 6.54 Å². The van der Waals surface area contributed by atoms with Crippen molar-refractivity contribution in [1.82, 2.24) is 9.97 Å². The zero-order chi connectivity index (χ0) is 13.9. The SMILES string of the molecule is CC1CCN(c2cc(NCC(C)(C)N)ncn2)CC1. The fourth-order valence-corrected chi connectivity index (χ4v) is 2.17. The van der Waals surface area contributed by atoms with Gasteiger partial charge in [-0.05, 0) is 32.6 Å². The van der Waals surface area contributed by atoms with Crippen molar-refractivity contribution in [3.8, 4) is 0 Å². The van der Waals surface area contributed by atoms with Crippen molar-refractivity contribution >= 4 is 11.6 Å². The van der Waals surface area contributed by atoms with Crippen LogP contribution in [0.15, 0.2) is 12.4 Å². The molecule has 0 saturated carbocycles. The molecular formula is C14H25N5. The van der Waals surface area contributed by atoms with Crippen LogP contribution in [-0.4, -0.2) is 35.1 Å². The summed E-state index contributed by atoms with van der Waals surface area (Å²) < 4.78 is 0. The zero-order valence-electron chi connectivity index (χ0n) is 12.2. The van der Waals surface area contributed by atoms with Crippen molar-refractivity contribution in [3.63, 3.8) is 0 Å². The highest BCUT2D eigenvalue weighted by molar-refractivity contribution is 5.48. The van der Waals surface area contributed by atoms with Crippen molar-refractivity contribution in [3.05, 3.63) is 12.4 Å². The average molecular weight is 263 g/mol. The number of hydrogen-bond acceptors (Lipinski definition) is 5. The second kappa shape index (κ2) is 5.74. The molecule has 3 N–H and O–H groups in total. The summed E-state index contributed by atoms with van der Waals surface area (Å²) in [5.41, 5.74) is 5.72. The lowest BCUT2D eigenvalue weighted by molar-refractivity contribution is 0.436. The van der Waals surface area contributed by atoms with Crippen LogP contribution in [0, 0.1) is 5.92 Å². The van der Waals surface area contributed by atoms with Crippen molar-refractivity contribution in [2.45, 2.75) is 39.2 Å². The first-order valence-electron chi connectivity index (χ1n) is 7.04. The first-order valence-corrected chi connectivity index (χ1v) is 7.04. The number of rotatable bonds is 4. The van der Waals surface area contributed by atoms with Gasteiger partial charge in [0, 0.05) is 31.2 Å². The van der Waals surface area contributed by atoms with Crippen molar-refractivity contribution in [1.29, 1.82) is 0 Å². The molecule has 1 fully saturated rings. The average Bonchev–Trinajstić information content (AvgIpc) is 2.37. The minimum atomic E-state index is -0.244. The summed E-state index contributed by atoms with van der Waals surface area (Å²) in [4.78, 5) is 11.0. The van der Waals surface area contributed by atoms with Gasteiger partial charge >= 0.3 is 0 Å². The fraction of sp³-hybridized carbons (Fsp3) is 0.714. The third kappa shape index (κ3) is 4.35. The molecule has 1 saturated heterocycles. The van der Waals surface area contributed by atoms with Gasteiger partial charge in [0.25, 0.3) is 0 Å². The van der Waals surface area contributed by atoms with Gasteiger partial charge in [-0.15, -0.1) is 0 Å². The minimum absolute atomic E-state index is 0.244. The standard InChI is InChI=1S/C14H25N5/c1-11-4-6-19(7-5-11)13-8-12(17-10-18-13)16-9-14(2,3)15/h8,10-11H,4-7,9,15H2,1-3H3,(H,16,17,18). The van der Waals surface area contributed by atoms with Crippen molar-refractivity contribution < 1.29 is 0 Å². The summed E-state index contributed by atoms with van der Waals surface area (Å²) in [6.45, 7) is 9.16. The molecule has 1 aliphatic heterocycles. The molecule has 0 spiro atoms. The maximum Gasteiger partial charge on any atom is 0.134 e. The Balaban J connectivity index is 1.99. The van der Waals surface area contributed by atoms with Crippen LogP contribution in [0.4, 0.5) is 11.6 Å². The van der Waals surface area contributed by atoms with Crippen molar-refractivity contribution in [2.24, 2.45) is 11.7 Å². The van der Waals surface area contributed by atoms with Crippen LogP contribution in [0.2, 0.25) is 0 Å². The van der Waals surface area contributed by atoms with Crippen LogP contribution < -0.4 is 16.0 Å². The van der Waals surface area contributed by atoms with Gasteiger partial charge in [-0.25, -0.2) is 9.97 Å². The molecule has 0 bridgehead atoms. The van der Waals surface area contributed by atoms with Gasteiger partial charge in [0.05, 0.1) is 0 Å². The maximum atomic E-state index is 5.96.